The Hall–Kier alpha value is -2.27. The number of carbonyl (C=O) groups is 1. The van der Waals surface area contributed by atoms with Gasteiger partial charge in [-0.3, -0.25) is 9.69 Å². The Labute approximate surface area is 136 Å². The fourth-order valence-electron chi connectivity index (χ4n) is 2.99. The minimum atomic E-state index is 0.0485. The molecular formula is C18H22N2O3. The molecule has 0 saturated carbocycles. The summed E-state index contributed by atoms with van der Waals surface area (Å²) in [5.74, 6) is 0.926. The van der Waals surface area contributed by atoms with E-state index < -0.39 is 0 Å². The molecule has 2 aromatic rings. The molecule has 1 unspecified atom stereocenters. The summed E-state index contributed by atoms with van der Waals surface area (Å²) in [5, 5.41) is 0. The molecule has 0 aliphatic carbocycles. The summed E-state index contributed by atoms with van der Waals surface area (Å²) in [6, 6.07) is 10.2. The third-order valence-electron chi connectivity index (χ3n) is 4.49. The lowest BCUT2D eigenvalue weighted by atomic mass is 10.1. The number of amides is 1. The zero-order valence-electron chi connectivity index (χ0n) is 13.6. The second kappa shape index (κ2) is 6.87. The van der Waals surface area contributed by atoms with E-state index >= 15 is 0 Å². The van der Waals surface area contributed by atoms with Crippen molar-refractivity contribution in [3.63, 3.8) is 0 Å². The number of benzene rings is 1. The van der Waals surface area contributed by atoms with Gasteiger partial charge in [0.05, 0.1) is 18.9 Å². The first-order chi connectivity index (χ1) is 11.2. The molecule has 0 bridgehead atoms. The van der Waals surface area contributed by atoms with Crippen molar-refractivity contribution in [2.45, 2.75) is 13.0 Å². The van der Waals surface area contributed by atoms with Gasteiger partial charge in [0.15, 0.2) is 0 Å². The molecule has 0 N–H and O–H groups in total. The average Bonchev–Trinajstić information content (AvgIpc) is 3.15. The standard InChI is InChI=1S/C18H22N2O3/c1-14(15-4-3-5-17(12-15)22-2)19-7-9-20(10-8-19)18(21)16-6-11-23-13-16/h3-6,11-14H,7-10H2,1-2H3. The van der Waals surface area contributed by atoms with Crippen molar-refractivity contribution in [2.75, 3.05) is 33.3 Å². The predicted octanol–water partition coefficient (Wildman–Crippen LogP) is 2.81. The van der Waals surface area contributed by atoms with Crippen molar-refractivity contribution in [3.8, 4) is 5.75 Å². The lowest BCUT2D eigenvalue weighted by Crippen LogP contribution is -2.49. The first kappa shape index (κ1) is 15.6. The van der Waals surface area contributed by atoms with E-state index in [9.17, 15) is 4.79 Å². The van der Waals surface area contributed by atoms with E-state index in [0.29, 0.717) is 11.6 Å². The number of methoxy groups -OCH3 is 1. The highest BCUT2D eigenvalue weighted by atomic mass is 16.5. The minimum Gasteiger partial charge on any atom is -0.497 e. The highest BCUT2D eigenvalue weighted by molar-refractivity contribution is 5.93. The van der Waals surface area contributed by atoms with Crippen molar-refractivity contribution in [1.29, 1.82) is 0 Å². The lowest BCUT2D eigenvalue weighted by molar-refractivity contribution is 0.0581. The van der Waals surface area contributed by atoms with Crippen LogP contribution < -0.4 is 4.74 Å². The largest absolute Gasteiger partial charge is 0.497 e. The SMILES string of the molecule is COc1cccc(C(C)N2CCN(C(=O)c3ccoc3)CC2)c1. The van der Waals surface area contributed by atoms with Gasteiger partial charge in [-0.1, -0.05) is 12.1 Å². The van der Waals surface area contributed by atoms with Gasteiger partial charge in [0.25, 0.3) is 5.91 Å². The van der Waals surface area contributed by atoms with Gasteiger partial charge in [-0.2, -0.15) is 0 Å². The Morgan fingerprint density at radius 1 is 1.22 bits per heavy atom. The van der Waals surface area contributed by atoms with E-state index in [-0.39, 0.29) is 5.91 Å². The van der Waals surface area contributed by atoms with Crippen LogP contribution in [-0.4, -0.2) is 49.0 Å². The quantitative estimate of drug-likeness (QED) is 0.870. The molecule has 0 spiro atoms. The van der Waals surface area contributed by atoms with Crippen molar-refractivity contribution < 1.29 is 13.9 Å². The second-order valence-corrected chi connectivity index (χ2v) is 5.79. The summed E-state index contributed by atoms with van der Waals surface area (Å²) < 4.78 is 10.3. The highest BCUT2D eigenvalue weighted by Gasteiger charge is 2.25. The molecule has 1 amide bonds. The van der Waals surface area contributed by atoms with Crippen LogP contribution in [0.1, 0.15) is 28.9 Å². The molecule has 2 heterocycles. The molecule has 0 radical (unpaired) electrons. The van der Waals surface area contributed by atoms with Crippen LogP contribution in [0.25, 0.3) is 0 Å². The highest BCUT2D eigenvalue weighted by Crippen LogP contribution is 2.25. The molecule has 1 atom stereocenters. The van der Waals surface area contributed by atoms with Crippen LogP contribution >= 0.6 is 0 Å². The summed E-state index contributed by atoms with van der Waals surface area (Å²) in [7, 11) is 1.68. The maximum absolute atomic E-state index is 12.3. The van der Waals surface area contributed by atoms with Crippen molar-refractivity contribution in [1.82, 2.24) is 9.80 Å². The monoisotopic (exact) mass is 314 g/mol. The summed E-state index contributed by atoms with van der Waals surface area (Å²) in [6.07, 6.45) is 3.04. The number of hydrogen-bond donors (Lipinski definition) is 0. The van der Waals surface area contributed by atoms with Crippen LogP contribution in [0.3, 0.4) is 0 Å². The number of ether oxygens (including phenoxy) is 1. The molecular weight excluding hydrogens is 292 g/mol. The van der Waals surface area contributed by atoms with Gasteiger partial charge in [0.2, 0.25) is 0 Å². The van der Waals surface area contributed by atoms with Crippen LogP contribution in [0.2, 0.25) is 0 Å². The number of rotatable bonds is 4. The van der Waals surface area contributed by atoms with Gasteiger partial charge in [0, 0.05) is 32.2 Å². The van der Waals surface area contributed by atoms with E-state index in [1.165, 1.54) is 18.1 Å². The van der Waals surface area contributed by atoms with Crippen LogP contribution in [0, 0.1) is 0 Å². The number of carbonyl (C=O) groups excluding carboxylic acids is 1. The van der Waals surface area contributed by atoms with Crippen LogP contribution in [-0.2, 0) is 0 Å². The lowest BCUT2D eigenvalue weighted by Gasteiger charge is -2.38. The number of nitrogens with zero attached hydrogens (tertiary/aromatic N) is 2. The first-order valence-corrected chi connectivity index (χ1v) is 7.88. The summed E-state index contributed by atoms with van der Waals surface area (Å²) in [4.78, 5) is 16.6. The van der Waals surface area contributed by atoms with Gasteiger partial charge in [-0.05, 0) is 30.7 Å². The normalized spacial score (nSPS) is 17.0. The molecule has 3 rings (SSSR count). The van der Waals surface area contributed by atoms with E-state index in [0.717, 1.165) is 31.9 Å². The minimum absolute atomic E-state index is 0.0485. The molecule has 1 aromatic heterocycles. The maximum atomic E-state index is 12.3. The summed E-state index contributed by atoms with van der Waals surface area (Å²) >= 11 is 0. The van der Waals surface area contributed by atoms with Gasteiger partial charge in [0.1, 0.15) is 12.0 Å². The predicted molar refractivity (Wildman–Crippen MR) is 87.6 cm³/mol. The summed E-state index contributed by atoms with van der Waals surface area (Å²) in [6.45, 7) is 5.39. The Kier molecular flexibility index (Phi) is 4.67. The molecule has 23 heavy (non-hydrogen) atoms. The fraction of sp³-hybridized carbons (Fsp3) is 0.389. The Bertz CT molecular complexity index is 646. The smallest absolute Gasteiger partial charge is 0.257 e. The number of hydrogen-bond acceptors (Lipinski definition) is 4. The third-order valence-corrected chi connectivity index (χ3v) is 4.49. The molecule has 1 saturated heterocycles. The number of furan rings is 1. The molecule has 1 aromatic carbocycles. The molecule has 5 heteroatoms. The average molecular weight is 314 g/mol. The van der Waals surface area contributed by atoms with Crippen LogP contribution in [0.15, 0.2) is 47.3 Å². The van der Waals surface area contributed by atoms with Gasteiger partial charge >= 0.3 is 0 Å². The van der Waals surface area contributed by atoms with Gasteiger partial charge in [-0.15, -0.1) is 0 Å². The van der Waals surface area contributed by atoms with Crippen molar-refractivity contribution in [3.05, 3.63) is 54.0 Å². The molecule has 122 valence electrons. The Morgan fingerprint density at radius 3 is 2.65 bits per heavy atom. The first-order valence-electron chi connectivity index (χ1n) is 7.88. The maximum Gasteiger partial charge on any atom is 0.257 e. The zero-order valence-corrected chi connectivity index (χ0v) is 13.6. The van der Waals surface area contributed by atoms with E-state index in [1.54, 1.807) is 13.2 Å². The zero-order chi connectivity index (χ0) is 16.2. The van der Waals surface area contributed by atoms with E-state index in [4.69, 9.17) is 9.15 Å². The van der Waals surface area contributed by atoms with Crippen LogP contribution in [0.5, 0.6) is 5.75 Å². The molecule has 5 nitrogen and oxygen atoms in total. The topological polar surface area (TPSA) is 45.9 Å². The molecule has 1 fully saturated rings. The van der Waals surface area contributed by atoms with Crippen LogP contribution in [0.4, 0.5) is 0 Å². The van der Waals surface area contributed by atoms with E-state index in [1.807, 2.05) is 17.0 Å². The van der Waals surface area contributed by atoms with Gasteiger partial charge in [-0.25, -0.2) is 0 Å². The fourth-order valence-corrected chi connectivity index (χ4v) is 2.99. The van der Waals surface area contributed by atoms with Crippen molar-refractivity contribution >= 4 is 5.91 Å². The second-order valence-electron chi connectivity index (χ2n) is 5.79. The van der Waals surface area contributed by atoms with Crippen molar-refractivity contribution in [2.24, 2.45) is 0 Å². The van der Waals surface area contributed by atoms with E-state index in [2.05, 4.69) is 24.0 Å². The third kappa shape index (κ3) is 3.40. The molecule has 1 aliphatic rings. The Morgan fingerprint density at radius 2 is 2.00 bits per heavy atom. The Balaban J connectivity index is 1.61. The van der Waals surface area contributed by atoms with Gasteiger partial charge < -0.3 is 14.1 Å². The number of piperazine rings is 1. The summed E-state index contributed by atoms with van der Waals surface area (Å²) in [5.41, 5.74) is 1.86. The molecule has 1 aliphatic heterocycles.